The molecule has 104 valence electrons. The quantitative estimate of drug-likeness (QED) is 0.852. The molecule has 20 heavy (non-hydrogen) atoms. The zero-order valence-electron chi connectivity index (χ0n) is 12.0. The minimum Gasteiger partial charge on any atom is -0.320 e. The van der Waals surface area contributed by atoms with E-state index in [0.29, 0.717) is 6.54 Å². The zero-order chi connectivity index (χ0) is 14.4. The molecule has 0 saturated carbocycles. The van der Waals surface area contributed by atoms with Crippen molar-refractivity contribution in [3.8, 4) is 11.8 Å². The molecule has 0 saturated heterocycles. The number of hydrogen-bond acceptors (Lipinski definition) is 3. The molecule has 0 amide bonds. The Bertz CT molecular complexity index is 619. The Hall–Kier alpha value is -2.09. The first kappa shape index (κ1) is 14.3. The number of nitrogens with two attached hydrogens (primary N) is 1. The molecule has 0 bridgehead atoms. The normalized spacial score (nSPS) is 10.4. The highest BCUT2D eigenvalue weighted by Crippen LogP contribution is 2.11. The van der Waals surface area contributed by atoms with Gasteiger partial charge in [-0.15, -0.1) is 0 Å². The predicted molar refractivity (Wildman–Crippen MR) is 80.8 cm³/mol. The molecule has 1 aromatic carbocycles. The van der Waals surface area contributed by atoms with E-state index in [9.17, 15) is 0 Å². The Kier molecular flexibility index (Phi) is 4.94. The van der Waals surface area contributed by atoms with Crippen LogP contribution >= 0.6 is 0 Å². The van der Waals surface area contributed by atoms with E-state index in [1.54, 1.807) is 0 Å². The summed E-state index contributed by atoms with van der Waals surface area (Å²) in [5.41, 5.74) is 8.92. The molecule has 2 N–H and O–H groups in total. The van der Waals surface area contributed by atoms with Crippen LogP contribution in [0.25, 0.3) is 0 Å². The fourth-order valence-electron chi connectivity index (χ4n) is 2.14. The Morgan fingerprint density at radius 3 is 2.80 bits per heavy atom. The van der Waals surface area contributed by atoms with E-state index in [4.69, 9.17) is 5.73 Å². The van der Waals surface area contributed by atoms with Crippen molar-refractivity contribution in [3.63, 3.8) is 0 Å². The van der Waals surface area contributed by atoms with Gasteiger partial charge in [-0.3, -0.25) is 9.58 Å². The fraction of sp³-hybridized carbons (Fsp3) is 0.312. The lowest BCUT2D eigenvalue weighted by Gasteiger charge is -2.16. The van der Waals surface area contributed by atoms with Gasteiger partial charge in [-0.25, -0.2) is 0 Å². The van der Waals surface area contributed by atoms with Gasteiger partial charge in [-0.2, -0.15) is 5.10 Å². The molecule has 4 heteroatoms. The lowest BCUT2D eigenvalue weighted by molar-refractivity contribution is 0.319. The Morgan fingerprint density at radius 2 is 2.10 bits per heavy atom. The minimum atomic E-state index is 0.389. The van der Waals surface area contributed by atoms with Crippen LogP contribution in [0.5, 0.6) is 0 Å². The van der Waals surface area contributed by atoms with Crippen LogP contribution in [0.4, 0.5) is 0 Å². The SMILES string of the molecule is CN(Cc1cnn(C)c1)Cc1ccccc1C#CCN. The number of aryl methyl sites for hydroxylation is 1. The van der Waals surface area contributed by atoms with Gasteiger partial charge in [0.1, 0.15) is 0 Å². The van der Waals surface area contributed by atoms with E-state index in [0.717, 1.165) is 18.7 Å². The number of nitrogens with zero attached hydrogens (tertiary/aromatic N) is 3. The molecule has 0 atom stereocenters. The first-order valence-electron chi connectivity index (χ1n) is 6.62. The van der Waals surface area contributed by atoms with Crippen molar-refractivity contribution >= 4 is 0 Å². The van der Waals surface area contributed by atoms with E-state index < -0.39 is 0 Å². The summed E-state index contributed by atoms with van der Waals surface area (Å²) < 4.78 is 1.82. The van der Waals surface area contributed by atoms with Gasteiger partial charge in [0.25, 0.3) is 0 Å². The van der Waals surface area contributed by atoms with Gasteiger partial charge in [-0.05, 0) is 18.7 Å². The summed E-state index contributed by atoms with van der Waals surface area (Å²) in [4.78, 5) is 2.25. The number of hydrogen-bond donors (Lipinski definition) is 1. The van der Waals surface area contributed by atoms with Crippen molar-refractivity contribution in [2.24, 2.45) is 12.8 Å². The summed E-state index contributed by atoms with van der Waals surface area (Å²) in [6.07, 6.45) is 3.94. The van der Waals surface area contributed by atoms with Crippen molar-refractivity contribution in [2.45, 2.75) is 13.1 Å². The van der Waals surface area contributed by atoms with Crippen LogP contribution in [0, 0.1) is 11.8 Å². The summed E-state index contributed by atoms with van der Waals surface area (Å²) in [7, 11) is 4.03. The van der Waals surface area contributed by atoms with Gasteiger partial charge in [0.05, 0.1) is 12.7 Å². The summed E-state index contributed by atoms with van der Waals surface area (Å²) in [6, 6.07) is 8.20. The van der Waals surface area contributed by atoms with Crippen molar-refractivity contribution in [1.82, 2.24) is 14.7 Å². The predicted octanol–water partition coefficient (Wildman–Crippen LogP) is 1.36. The summed E-state index contributed by atoms with van der Waals surface area (Å²) in [5, 5.41) is 4.19. The van der Waals surface area contributed by atoms with E-state index in [1.807, 2.05) is 42.3 Å². The standard InChI is InChI=1S/C16H20N4/c1-19(11-14-10-18-20(2)12-14)13-16-7-4-3-6-15(16)8-5-9-17/h3-4,6-7,10,12H,9,11,13,17H2,1-2H3. The summed E-state index contributed by atoms with van der Waals surface area (Å²) in [5.74, 6) is 6.05. The van der Waals surface area contributed by atoms with Gasteiger partial charge in [-0.1, -0.05) is 30.0 Å². The van der Waals surface area contributed by atoms with Gasteiger partial charge in [0.15, 0.2) is 0 Å². The second kappa shape index (κ2) is 6.90. The average Bonchev–Trinajstić information content (AvgIpc) is 2.83. The highest BCUT2D eigenvalue weighted by Gasteiger charge is 2.06. The maximum atomic E-state index is 5.44. The lowest BCUT2D eigenvalue weighted by atomic mass is 10.1. The third-order valence-electron chi connectivity index (χ3n) is 2.99. The van der Waals surface area contributed by atoms with Crippen LogP contribution in [-0.4, -0.2) is 28.3 Å². The molecule has 4 nitrogen and oxygen atoms in total. The van der Waals surface area contributed by atoms with Gasteiger partial charge in [0.2, 0.25) is 0 Å². The Labute approximate surface area is 120 Å². The average molecular weight is 268 g/mol. The Balaban J connectivity index is 2.05. The van der Waals surface area contributed by atoms with E-state index in [-0.39, 0.29) is 0 Å². The van der Waals surface area contributed by atoms with E-state index >= 15 is 0 Å². The van der Waals surface area contributed by atoms with Crippen molar-refractivity contribution < 1.29 is 0 Å². The number of aromatic nitrogens is 2. The van der Waals surface area contributed by atoms with Crippen LogP contribution < -0.4 is 5.73 Å². The third-order valence-corrected chi connectivity index (χ3v) is 2.99. The first-order valence-corrected chi connectivity index (χ1v) is 6.62. The molecule has 2 rings (SSSR count). The van der Waals surface area contributed by atoms with Gasteiger partial charge in [0, 0.05) is 37.5 Å². The number of benzene rings is 1. The molecule has 2 aromatic rings. The van der Waals surface area contributed by atoms with Crippen LogP contribution in [0.2, 0.25) is 0 Å². The molecule has 0 aliphatic carbocycles. The highest BCUT2D eigenvalue weighted by atomic mass is 15.2. The van der Waals surface area contributed by atoms with Crippen LogP contribution in [-0.2, 0) is 20.1 Å². The molecule has 1 aromatic heterocycles. The van der Waals surface area contributed by atoms with Crippen LogP contribution in [0.3, 0.4) is 0 Å². The van der Waals surface area contributed by atoms with Gasteiger partial charge >= 0.3 is 0 Å². The maximum absolute atomic E-state index is 5.44. The van der Waals surface area contributed by atoms with Crippen LogP contribution in [0.1, 0.15) is 16.7 Å². The molecule has 0 aliphatic heterocycles. The minimum absolute atomic E-state index is 0.389. The Morgan fingerprint density at radius 1 is 1.30 bits per heavy atom. The molecule has 0 unspecified atom stereocenters. The van der Waals surface area contributed by atoms with E-state index in [1.165, 1.54) is 11.1 Å². The van der Waals surface area contributed by atoms with Crippen molar-refractivity contribution in [3.05, 3.63) is 53.3 Å². The molecule has 0 aliphatic rings. The molecule has 1 heterocycles. The molecule has 0 fully saturated rings. The highest BCUT2D eigenvalue weighted by molar-refractivity contribution is 5.41. The molecular weight excluding hydrogens is 248 g/mol. The fourth-order valence-corrected chi connectivity index (χ4v) is 2.14. The monoisotopic (exact) mass is 268 g/mol. The third kappa shape index (κ3) is 3.95. The zero-order valence-corrected chi connectivity index (χ0v) is 12.0. The largest absolute Gasteiger partial charge is 0.320 e. The smallest absolute Gasteiger partial charge is 0.0555 e. The van der Waals surface area contributed by atoms with Crippen molar-refractivity contribution in [2.75, 3.05) is 13.6 Å². The first-order chi connectivity index (χ1) is 9.69. The topological polar surface area (TPSA) is 47.1 Å². The second-order valence-corrected chi connectivity index (χ2v) is 4.86. The molecular formula is C16H20N4. The maximum Gasteiger partial charge on any atom is 0.0555 e. The van der Waals surface area contributed by atoms with E-state index in [2.05, 4.69) is 35.0 Å². The second-order valence-electron chi connectivity index (χ2n) is 4.86. The van der Waals surface area contributed by atoms with Gasteiger partial charge < -0.3 is 5.73 Å². The lowest BCUT2D eigenvalue weighted by Crippen LogP contribution is -2.17. The molecule has 0 spiro atoms. The summed E-state index contributed by atoms with van der Waals surface area (Å²) >= 11 is 0. The molecule has 0 radical (unpaired) electrons. The van der Waals surface area contributed by atoms with Crippen LogP contribution in [0.15, 0.2) is 36.7 Å². The summed E-state index contributed by atoms with van der Waals surface area (Å²) in [6.45, 7) is 2.11. The number of rotatable bonds is 4. The van der Waals surface area contributed by atoms with Crippen molar-refractivity contribution in [1.29, 1.82) is 0 Å².